The molecular formula is C11H15ClFN3O3S. The second-order valence-corrected chi connectivity index (χ2v) is 6.58. The van der Waals surface area contributed by atoms with E-state index in [1.165, 1.54) is 0 Å². The summed E-state index contributed by atoms with van der Waals surface area (Å²) in [5.41, 5.74) is 5.34. The first-order chi connectivity index (χ1) is 9.20. The van der Waals surface area contributed by atoms with Crippen LogP contribution in [0.2, 0.25) is 5.02 Å². The van der Waals surface area contributed by atoms with Crippen molar-refractivity contribution in [1.29, 1.82) is 0 Å². The van der Waals surface area contributed by atoms with E-state index in [2.05, 4.69) is 5.16 Å². The zero-order valence-electron chi connectivity index (χ0n) is 10.9. The van der Waals surface area contributed by atoms with Crippen LogP contribution in [0.4, 0.5) is 4.39 Å². The molecule has 1 aromatic carbocycles. The number of hydrogen-bond donors (Lipinski definition) is 2. The van der Waals surface area contributed by atoms with Gasteiger partial charge in [0.15, 0.2) is 5.84 Å². The lowest BCUT2D eigenvalue weighted by Gasteiger charge is -2.25. The lowest BCUT2D eigenvalue weighted by atomic mass is 10.3. The van der Waals surface area contributed by atoms with Crippen molar-refractivity contribution in [3.05, 3.63) is 29.0 Å². The topological polar surface area (TPSA) is 96.0 Å². The third-order valence-electron chi connectivity index (χ3n) is 2.50. The first kappa shape index (κ1) is 16.7. The highest BCUT2D eigenvalue weighted by Crippen LogP contribution is 2.26. The van der Waals surface area contributed by atoms with Crippen molar-refractivity contribution in [3.63, 3.8) is 0 Å². The van der Waals surface area contributed by atoms with Crippen LogP contribution in [0.3, 0.4) is 0 Å². The average molecular weight is 324 g/mol. The van der Waals surface area contributed by atoms with Crippen molar-refractivity contribution in [2.24, 2.45) is 10.9 Å². The Balaban J connectivity index is 3.33. The molecule has 0 radical (unpaired) electrons. The Morgan fingerprint density at radius 3 is 2.65 bits per heavy atom. The van der Waals surface area contributed by atoms with Crippen LogP contribution in [-0.4, -0.2) is 36.4 Å². The molecule has 0 spiro atoms. The molecule has 0 fully saturated rings. The summed E-state index contributed by atoms with van der Waals surface area (Å²) >= 11 is 5.82. The summed E-state index contributed by atoms with van der Waals surface area (Å²) in [7, 11) is -4.07. The van der Waals surface area contributed by atoms with E-state index in [1.807, 2.05) is 0 Å². The number of amidine groups is 1. The van der Waals surface area contributed by atoms with Crippen LogP contribution < -0.4 is 5.73 Å². The largest absolute Gasteiger partial charge is 0.409 e. The van der Waals surface area contributed by atoms with E-state index < -0.39 is 21.9 Å². The second-order valence-electron chi connectivity index (χ2n) is 4.31. The van der Waals surface area contributed by atoms with E-state index >= 15 is 0 Å². The fraction of sp³-hybridized carbons (Fsp3) is 0.364. The summed E-state index contributed by atoms with van der Waals surface area (Å²) in [6, 6.07) is 2.56. The molecule has 20 heavy (non-hydrogen) atoms. The Morgan fingerprint density at radius 1 is 1.55 bits per heavy atom. The van der Waals surface area contributed by atoms with E-state index in [-0.39, 0.29) is 22.3 Å². The van der Waals surface area contributed by atoms with Gasteiger partial charge in [0.2, 0.25) is 10.0 Å². The van der Waals surface area contributed by atoms with Gasteiger partial charge in [0.25, 0.3) is 0 Å². The van der Waals surface area contributed by atoms with E-state index in [9.17, 15) is 12.8 Å². The number of halogens is 2. The molecule has 0 aliphatic rings. The quantitative estimate of drug-likeness (QED) is 0.372. The van der Waals surface area contributed by atoms with Gasteiger partial charge in [0, 0.05) is 6.04 Å². The van der Waals surface area contributed by atoms with Crippen molar-refractivity contribution >= 4 is 27.5 Å². The SMILES string of the molecule is CC(C)N(C/C(N)=N/O)S(=O)(=O)c1cc(F)ccc1Cl. The van der Waals surface area contributed by atoms with Gasteiger partial charge in [-0.25, -0.2) is 12.8 Å². The predicted molar refractivity (Wildman–Crippen MR) is 73.8 cm³/mol. The molecule has 0 heterocycles. The molecule has 0 atom stereocenters. The Hall–Kier alpha value is -1.38. The lowest BCUT2D eigenvalue weighted by Crippen LogP contribution is -2.42. The summed E-state index contributed by atoms with van der Waals surface area (Å²) < 4.78 is 39.2. The number of benzene rings is 1. The minimum atomic E-state index is -4.07. The van der Waals surface area contributed by atoms with Crippen molar-refractivity contribution in [1.82, 2.24) is 4.31 Å². The number of nitrogens with zero attached hydrogens (tertiary/aromatic N) is 2. The van der Waals surface area contributed by atoms with Crippen LogP contribution in [0, 0.1) is 5.82 Å². The summed E-state index contributed by atoms with van der Waals surface area (Å²) in [5.74, 6) is -1.00. The van der Waals surface area contributed by atoms with Gasteiger partial charge in [0.05, 0.1) is 11.6 Å². The normalized spacial score (nSPS) is 13.2. The van der Waals surface area contributed by atoms with Crippen molar-refractivity contribution < 1.29 is 18.0 Å². The molecule has 0 amide bonds. The van der Waals surface area contributed by atoms with Gasteiger partial charge in [-0.15, -0.1) is 0 Å². The molecule has 3 N–H and O–H groups in total. The highest BCUT2D eigenvalue weighted by atomic mass is 35.5. The Labute approximate surface area is 121 Å². The zero-order chi connectivity index (χ0) is 15.5. The zero-order valence-corrected chi connectivity index (χ0v) is 12.5. The Morgan fingerprint density at radius 2 is 2.15 bits per heavy atom. The number of oxime groups is 1. The summed E-state index contributed by atoms with van der Waals surface area (Å²) in [4.78, 5) is -0.362. The standard InChI is InChI=1S/C11H15ClFN3O3S/c1-7(2)16(6-11(14)15-17)20(18,19)10-5-8(13)3-4-9(10)12/h3-5,7,17H,6H2,1-2H3,(H2,14,15). The Bertz CT molecular complexity index is 619. The van der Waals surface area contributed by atoms with E-state index in [4.69, 9.17) is 22.5 Å². The third-order valence-corrected chi connectivity index (χ3v) is 5.01. The fourth-order valence-corrected chi connectivity index (χ4v) is 3.63. The molecule has 1 aromatic rings. The summed E-state index contributed by atoms with van der Waals surface area (Å²) in [6.07, 6.45) is 0. The van der Waals surface area contributed by atoms with Crippen molar-refractivity contribution in [3.8, 4) is 0 Å². The van der Waals surface area contributed by atoms with Crippen LogP contribution >= 0.6 is 11.6 Å². The maximum Gasteiger partial charge on any atom is 0.245 e. The van der Waals surface area contributed by atoms with Gasteiger partial charge >= 0.3 is 0 Å². The van der Waals surface area contributed by atoms with Gasteiger partial charge in [-0.3, -0.25) is 0 Å². The lowest BCUT2D eigenvalue weighted by molar-refractivity contribution is 0.312. The van der Waals surface area contributed by atoms with E-state index in [1.54, 1.807) is 13.8 Å². The fourth-order valence-electron chi connectivity index (χ4n) is 1.54. The predicted octanol–water partition coefficient (Wildman–Crippen LogP) is 1.62. The summed E-state index contributed by atoms with van der Waals surface area (Å²) in [6.45, 7) is 2.88. The highest BCUT2D eigenvalue weighted by molar-refractivity contribution is 7.89. The van der Waals surface area contributed by atoms with Crippen LogP contribution in [0.1, 0.15) is 13.8 Å². The maximum atomic E-state index is 13.2. The minimum absolute atomic E-state index is 0.100. The molecule has 0 aromatic heterocycles. The number of hydrogen-bond acceptors (Lipinski definition) is 4. The molecule has 0 saturated carbocycles. The maximum absolute atomic E-state index is 13.2. The third kappa shape index (κ3) is 3.59. The van der Waals surface area contributed by atoms with E-state index in [0.717, 1.165) is 22.5 Å². The van der Waals surface area contributed by atoms with Crippen LogP contribution in [0.5, 0.6) is 0 Å². The number of rotatable bonds is 5. The van der Waals surface area contributed by atoms with Gasteiger partial charge in [-0.05, 0) is 32.0 Å². The molecule has 0 saturated heterocycles. The van der Waals surface area contributed by atoms with Crippen molar-refractivity contribution in [2.45, 2.75) is 24.8 Å². The first-order valence-corrected chi connectivity index (χ1v) is 7.45. The molecule has 1 rings (SSSR count). The Kier molecular flexibility index (Phi) is 5.32. The average Bonchev–Trinajstić information content (AvgIpc) is 2.37. The van der Waals surface area contributed by atoms with Crippen molar-refractivity contribution in [2.75, 3.05) is 6.54 Å². The molecular weight excluding hydrogens is 309 g/mol. The molecule has 9 heteroatoms. The van der Waals surface area contributed by atoms with Crippen LogP contribution in [0.25, 0.3) is 0 Å². The molecule has 0 unspecified atom stereocenters. The smallest absolute Gasteiger partial charge is 0.245 e. The van der Waals surface area contributed by atoms with Gasteiger partial charge in [-0.2, -0.15) is 4.31 Å². The minimum Gasteiger partial charge on any atom is -0.409 e. The molecule has 6 nitrogen and oxygen atoms in total. The second kappa shape index (κ2) is 6.38. The molecule has 112 valence electrons. The van der Waals surface area contributed by atoms with Gasteiger partial charge < -0.3 is 10.9 Å². The molecule has 0 bridgehead atoms. The number of sulfonamides is 1. The van der Waals surface area contributed by atoms with E-state index in [0.29, 0.717) is 0 Å². The monoisotopic (exact) mass is 323 g/mol. The van der Waals surface area contributed by atoms with Crippen LogP contribution in [-0.2, 0) is 10.0 Å². The summed E-state index contributed by atoms with van der Waals surface area (Å²) in [5, 5.41) is 11.2. The van der Waals surface area contributed by atoms with Crippen LogP contribution in [0.15, 0.2) is 28.3 Å². The van der Waals surface area contributed by atoms with Gasteiger partial charge in [0.1, 0.15) is 10.7 Å². The highest BCUT2D eigenvalue weighted by Gasteiger charge is 2.30. The first-order valence-electron chi connectivity index (χ1n) is 5.63. The molecule has 0 aliphatic carbocycles. The van der Waals surface area contributed by atoms with Gasteiger partial charge in [-0.1, -0.05) is 16.8 Å². The molecule has 0 aliphatic heterocycles. The number of nitrogens with two attached hydrogens (primary N) is 1.